The van der Waals surface area contributed by atoms with E-state index in [0.29, 0.717) is 5.92 Å². The molecule has 0 radical (unpaired) electrons. The largest absolute Gasteiger partial charge is 0.370 e. The van der Waals surface area contributed by atoms with Crippen LogP contribution in [0.5, 0.6) is 0 Å². The van der Waals surface area contributed by atoms with Gasteiger partial charge in [-0.25, -0.2) is 0 Å². The Balaban J connectivity index is 2.59. The van der Waals surface area contributed by atoms with E-state index in [-0.39, 0.29) is 22.8 Å². The predicted molar refractivity (Wildman–Crippen MR) is 85.2 cm³/mol. The zero-order chi connectivity index (χ0) is 15.1. The first-order chi connectivity index (χ1) is 9.40. The molecule has 0 saturated heterocycles. The molecule has 0 bridgehead atoms. The molecule has 20 heavy (non-hydrogen) atoms. The minimum absolute atomic E-state index is 0.0854. The number of hydrogen-bond donors (Lipinski definition) is 4. The lowest BCUT2D eigenvalue weighted by Crippen LogP contribution is -2.24. The van der Waals surface area contributed by atoms with Crippen LogP contribution in [0, 0.1) is 5.41 Å². The molecule has 0 heterocycles. The predicted octanol–water partition coefficient (Wildman–Crippen LogP) is 1.69. The van der Waals surface area contributed by atoms with E-state index in [9.17, 15) is 4.79 Å². The Morgan fingerprint density at radius 1 is 1.40 bits per heavy atom. The highest BCUT2D eigenvalue weighted by Gasteiger charge is 2.10. The van der Waals surface area contributed by atoms with Crippen LogP contribution in [0.2, 0.25) is 0 Å². The van der Waals surface area contributed by atoms with Crippen molar-refractivity contribution in [1.29, 1.82) is 5.41 Å². The molecule has 0 aliphatic rings. The monoisotopic (exact) mass is 293 g/mol. The molecule has 0 saturated carbocycles. The van der Waals surface area contributed by atoms with Crippen LogP contribution in [0.4, 0.5) is 5.69 Å². The van der Waals surface area contributed by atoms with Gasteiger partial charge in [-0.05, 0) is 17.5 Å². The second-order valence-corrected chi connectivity index (χ2v) is 5.38. The van der Waals surface area contributed by atoms with Crippen molar-refractivity contribution in [2.75, 3.05) is 11.1 Å². The Hall–Kier alpha value is -2.02. The minimum atomic E-state index is -0.196. The molecule has 7 heteroatoms. The molecule has 1 aromatic carbocycles. The van der Waals surface area contributed by atoms with E-state index in [2.05, 4.69) is 24.2 Å². The van der Waals surface area contributed by atoms with Crippen molar-refractivity contribution < 1.29 is 4.79 Å². The topological polar surface area (TPSA) is 117 Å². The number of rotatable bonds is 4. The van der Waals surface area contributed by atoms with Crippen molar-refractivity contribution >= 4 is 34.5 Å². The molecule has 6 N–H and O–H groups in total. The number of carbonyl (C=O) groups is 1. The van der Waals surface area contributed by atoms with Crippen LogP contribution >= 0.6 is 11.8 Å². The van der Waals surface area contributed by atoms with Gasteiger partial charge in [0, 0.05) is 5.69 Å². The average Bonchev–Trinajstić information content (AvgIpc) is 2.36. The van der Waals surface area contributed by atoms with Crippen molar-refractivity contribution in [2.24, 2.45) is 16.5 Å². The van der Waals surface area contributed by atoms with Gasteiger partial charge in [0.05, 0.1) is 5.75 Å². The lowest BCUT2D eigenvalue weighted by atomic mass is 10.0. The van der Waals surface area contributed by atoms with Crippen LogP contribution in [0.3, 0.4) is 0 Å². The third kappa shape index (κ3) is 5.31. The first-order valence-electron chi connectivity index (χ1n) is 6.10. The van der Waals surface area contributed by atoms with Crippen molar-refractivity contribution in [3.8, 4) is 0 Å². The molecule has 1 aromatic rings. The number of anilines is 1. The third-order valence-corrected chi connectivity index (χ3v) is 3.20. The SMILES string of the molecule is CC(C)c1ccccc1NC(=O)CSC(=N)N=C(N)N. The maximum Gasteiger partial charge on any atom is 0.234 e. The molecule has 0 aliphatic heterocycles. The summed E-state index contributed by atoms with van der Waals surface area (Å²) in [6.07, 6.45) is 0. The summed E-state index contributed by atoms with van der Waals surface area (Å²) in [6, 6.07) is 7.65. The van der Waals surface area contributed by atoms with E-state index in [1.165, 1.54) is 0 Å². The van der Waals surface area contributed by atoms with Gasteiger partial charge >= 0.3 is 0 Å². The fraction of sp³-hybridized carbons (Fsp3) is 0.308. The number of thioether (sulfide) groups is 1. The van der Waals surface area contributed by atoms with Gasteiger partial charge in [-0.3, -0.25) is 10.2 Å². The van der Waals surface area contributed by atoms with Crippen molar-refractivity contribution in [3.63, 3.8) is 0 Å². The molecule has 0 aromatic heterocycles. The fourth-order valence-electron chi connectivity index (χ4n) is 1.58. The van der Waals surface area contributed by atoms with E-state index in [0.717, 1.165) is 23.0 Å². The zero-order valence-electron chi connectivity index (χ0n) is 11.5. The molecule has 0 fully saturated rings. The summed E-state index contributed by atoms with van der Waals surface area (Å²) in [5.41, 5.74) is 12.2. The van der Waals surface area contributed by atoms with Gasteiger partial charge in [-0.1, -0.05) is 43.8 Å². The number of hydrogen-bond acceptors (Lipinski definition) is 3. The second-order valence-electron chi connectivity index (χ2n) is 4.42. The maximum absolute atomic E-state index is 11.8. The Bertz CT molecular complexity index is 523. The van der Waals surface area contributed by atoms with Gasteiger partial charge in [-0.2, -0.15) is 4.99 Å². The van der Waals surface area contributed by atoms with Crippen molar-refractivity contribution in [1.82, 2.24) is 0 Å². The number of amidine groups is 1. The quantitative estimate of drug-likeness (QED) is 0.499. The number of aliphatic imine (C=N–C) groups is 1. The van der Waals surface area contributed by atoms with Crippen molar-refractivity contribution in [3.05, 3.63) is 29.8 Å². The molecule has 1 amide bonds. The van der Waals surface area contributed by atoms with Crippen molar-refractivity contribution in [2.45, 2.75) is 19.8 Å². The van der Waals surface area contributed by atoms with Gasteiger partial charge in [0.25, 0.3) is 0 Å². The number of nitrogens with one attached hydrogen (secondary N) is 2. The van der Waals surface area contributed by atoms with Gasteiger partial charge < -0.3 is 16.8 Å². The van der Waals surface area contributed by atoms with Crippen LogP contribution in [0.15, 0.2) is 29.3 Å². The highest BCUT2D eigenvalue weighted by atomic mass is 32.2. The normalized spacial score (nSPS) is 10.2. The summed E-state index contributed by atoms with van der Waals surface area (Å²) < 4.78 is 0. The molecule has 0 atom stereocenters. The lowest BCUT2D eigenvalue weighted by molar-refractivity contribution is -0.113. The van der Waals surface area contributed by atoms with Gasteiger partial charge in [-0.15, -0.1) is 0 Å². The van der Waals surface area contributed by atoms with E-state index in [1.807, 2.05) is 24.3 Å². The second kappa shape index (κ2) is 7.54. The van der Waals surface area contributed by atoms with E-state index in [4.69, 9.17) is 16.9 Å². The van der Waals surface area contributed by atoms with E-state index >= 15 is 0 Å². The van der Waals surface area contributed by atoms with Crippen LogP contribution in [-0.2, 0) is 4.79 Å². The summed E-state index contributed by atoms with van der Waals surface area (Å²) in [7, 11) is 0. The first kappa shape index (κ1) is 16.0. The molecule has 6 nitrogen and oxygen atoms in total. The minimum Gasteiger partial charge on any atom is -0.370 e. The zero-order valence-corrected chi connectivity index (χ0v) is 12.3. The standard InChI is InChI=1S/C13H19N5OS/c1-8(2)9-5-3-4-6-10(9)17-11(19)7-20-13(16)18-12(14)15/h3-6,8H,7H2,1-2H3,(H,17,19)(H5,14,15,16,18). The number of nitrogens with two attached hydrogens (primary N) is 2. The van der Waals surface area contributed by atoms with Crippen LogP contribution < -0.4 is 16.8 Å². The van der Waals surface area contributed by atoms with Gasteiger partial charge in [0.2, 0.25) is 5.91 Å². The highest BCUT2D eigenvalue weighted by molar-refractivity contribution is 8.14. The Morgan fingerprint density at radius 2 is 2.05 bits per heavy atom. The van der Waals surface area contributed by atoms with Crippen LogP contribution in [0.1, 0.15) is 25.3 Å². The molecule has 1 rings (SSSR count). The summed E-state index contributed by atoms with van der Waals surface area (Å²) in [4.78, 5) is 15.4. The molecule has 0 aliphatic carbocycles. The Labute approximate surface area is 122 Å². The number of para-hydroxylation sites is 1. The van der Waals surface area contributed by atoms with Gasteiger partial charge in [0.1, 0.15) is 0 Å². The smallest absolute Gasteiger partial charge is 0.234 e. The number of nitrogens with zero attached hydrogens (tertiary/aromatic N) is 1. The summed E-state index contributed by atoms with van der Waals surface area (Å²) in [5, 5.41) is 10.2. The van der Waals surface area contributed by atoms with E-state index < -0.39 is 0 Å². The number of guanidine groups is 1. The highest BCUT2D eigenvalue weighted by Crippen LogP contribution is 2.23. The molecule has 108 valence electrons. The summed E-state index contributed by atoms with van der Waals surface area (Å²) >= 11 is 0.970. The molecular weight excluding hydrogens is 274 g/mol. The maximum atomic E-state index is 11.8. The number of benzene rings is 1. The van der Waals surface area contributed by atoms with E-state index in [1.54, 1.807) is 0 Å². The molecule has 0 spiro atoms. The molecule has 0 unspecified atom stereocenters. The average molecular weight is 293 g/mol. The van der Waals surface area contributed by atoms with Crippen LogP contribution in [0.25, 0.3) is 0 Å². The van der Waals surface area contributed by atoms with Crippen LogP contribution in [-0.4, -0.2) is 22.8 Å². The molecular formula is C13H19N5OS. The number of carbonyl (C=O) groups excluding carboxylic acids is 1. The van der Waals surface area contributed by atoms with Gasteiger partial charge in [0.15, 0.2) is 11.1 Å². The Kier molecular flexibility index (Phi) is 6.05. The lowest BCUT2D eigenvalue weighted by Gasteiger charge is -2.13. The first-order valence-corrected chi connectivity index (χ1v) is 7.08. The Morgan fingerprint density at radius 3 is 2.65 bits per heavy atom. The number of amides is 1. The third-order valence-electron chi connectivity index (χ3n) is 2.43. The fourth-order valence-corrected chi connectivity index (χ4v) is 2.09. The summed E-state index contributed by atoms with van der Waals surface area (Å²) in [6.45, 7) is 4.13. The summed E-state index contributed by atoms with van der Waals surface area (Å²) in [5.74, 6) is 0.0213.